The largest absolute Gasteiger partial charge is 0.478 e. The van der Waals surface area contributed by atoms with Gasteiger partial charge in [0.05, 0.1) is 42.0 Å². The van der Waals surface area contributed by atoms with Crippen LogP contribution in [0.15, 0.2) is 126 Å². The molecule has 50 heavy (non-hydrogen) atoms. The molecular weight excluding hydrogens is 651 g/mol. The molecule has 2 aliphatic rings. The second kappa shape index (κ2) is 14.4. The molecule has 1 fully saturated rings. The molecule has 0 bridgehead atoms. The molecule has 5 aromatic carbocycles. The predicted octanol–water partition coefficient (Wildman–Crippen LogP) is 7.92. The molecule has 0 spiro atoms. The summed E-state index contributed by atoms with van der Waals surface area (Å²) in [5.41, 5.74) is 6.45. The van der Waals surface area contributed by atoms with Crippen LogP contribution in [0.25, 0.3) is 11.1 Å². The summed E-state index contributed by atoms with van der Waals surface area (Å²) in [5, 5.41) is 18.9. The van der Waals surface area contributed by atoms with E-state index >= 15 is 0 Å². The average molecular weight is 686 g/mol. The number of aromatic carboxylic acids is 1. The summed E-state index contributed by atoms with van der Waals surface area (Å²) in [5.74, 6) is -0.922. The fourth-order valence-corrected chi connectivity index (χ4v) is 7.56. The molecule has 0 radical (unpaired) electrons. The van der Waals surface area contributed by atoms with Gasteiger partial charge in [-0.05, 0) is 64.2 Å². The van der Waals surface area contributed by atoms with Crippen molar-refractivity contribution in [1.82, 2.24) is 4.90 Å². The molecule has 2 heterocycles. The number of imide groups is 1. The standard InChI is InChI=1S/C41H35NO7S/c1-25-36(24-50-32-20-18-29(19-21-32)40(46)47)48-41(49-37(25)28-12-10-26(23-43)11-13-28)30-16-14-27(15-17-30)33-7-3-2-6-31(33)22-42-38(44)34-8-4-5-9-35(34)39(42)45/h2-21,25,36-37,41,43H,22-24H2,1H3,(H,46,47)/t25-,36+,37+,41+/m1/s1. The molecule has 0 saturated carbocycles. The van der Waals surface area contributed by atoms with Gasteiger partial charge in [-0.3, -0.25) is 14.5 Å². The van der Waals surface area contributed by atoms with Gasteiger partial charge < -0.3 is 19.7 Å². The zero-order valence-corrected chi connectivity index (χ0v) is 28.1. The van der Waals surface area contributed by atoms with Crippen molar-refractivity contribution in [3.63, 3.8) is 0 Å². The summed E-state index contributed by atoms with van der Waals surface area (Å²) >= 11 is 1.60. The molecule has 9 heteroatoms. The van der Waals surface area contributed by atoms with Crippen molar-refractivity contribution in [2.75, 3.05) is 5.75 Å². The van der Waals surface area contributed by atoms with E-state index < -0.39 is 12.3 Å². The number of carbonyl (C=O) groups excluding carboxylic acids is 2. The van der Waals surface area contributed by atoms with Crippen LogP contribution in [0.4, 0.5) is 0 Å². The molecule has 4 atom stereocenters. The summed E-state index contributed by atoms with van der Waals surface area (Å²) in [4.78, 5) is 39.8. The number of benzene rings is 5. The lowest BCUT2D eigenvalue weighted by Gasteiger charge is -2.41. The van der Waals surface area contributed by atoms with Crippen LogP contribution in [0.2, 0.25) is 0 Å². The molecule has 7 rings (SSSR count). The lowest BCUT2D eigenvalue weighted by molar-refractivity contribution is -0.268. The molecule has 0 unspecified atom stereocenters. The van der Waals surface area contributed by atoms with Gasteiger partial charge in [-0.25, -0.2) is 4.79 Å². The van der Waals surface area contributed by atoms with E-state index in [2.05, 4.69) is 6.92 Å². The van der Waals surface area contributed by atoms with Gasteiger partial charge >= 0.3 is 5.97 Å². The van der Waals surface area contributed by atoms with E-state index in [1.807, 2.05) is 84.9 Å². The van der Waals surface area contributed by atoms with Gasteiger partial charge in [0.15, 0.2) is 6.29 Å². The molecule has 8 nitrogen and oxygen atoms in total. The average Bonchev–Trinajstić information content (AvgIpc) is 3.39. The Morgan fingerprint density at radius 2 is 1.34 bits per heavy atom. The number of thioether (sulfide) groups is 1. The number of carboxylic acid groups (broad SMARTS) is 1. The van der Waals surface area contributed by atoms with Crippen molar-refractivity contribution in [2.24, 2.45) is 5.92 Å². The molecule has 1 saturated heterocycles. The number of hydrogen-bond donors (Lipinski definition) is 2. The second-order valence-electron chi connectivity index (χ2n) is 12.5. The first-order valence-electron chi connectivity index (χ1n) is 16.4. The number of rotatable bonds is 10. The Bertz CT molecular complexity index is 1990. The molecule has 2 amide bonds. The quantitative estimate of drug-likeness (QED) is 0.113. The van der Waals surface area contributed by atoms with Gasteiger partial charge in [0.1, 0.15) is 0 Å². The lowest BCUT2D eigenvalue weighted by atomic mass is 9.91. The van der Waals surface area contributed by atoms with E-state index in [-0.39, 0.29) is 48.7 Å². The number of fused-ring (bicyclic) bond motifs is 1. The summed E-state index contributed by atoms with van der Waals surface area (Å²) in [6, 6.07) is 37.2. The highest BCUT2D eigenvalue weighted by Crippen LogP contribution is 2.43. The van der Waals surface area contributed by atoms with Gasteiger partial charge in [-0.2, -0.15) is 0 Å². The molecule has 0 aliphatic carbocycles. The van der Waals surface area contributed by atoms with Crippen molar-refractivity contribution in [3.05, 3.63) is 160 Å². The first-order chi connectivity index (χ1) is 24.3. The number of hydrogen-bond acceptors (Lipinski definition) is 7. The maximum Gasteiger partial charge on any atom is 0.335 e. The molecule has 252 valence electrons. The first kappa shape index (κ1) is 33.4. The number of aliphatic hydroxyl groups is 1. The fraction of sp³-hybridized carbons (Fsp3) is 0.195. The lowest BCUT2D eigenvalue weighted by Crippen LogP contribution is -2.38. The summed E-state index contributed by atoms with van der Waals surface area (Å²) in [6.45, 7) is 2.22. The molecular formula is C41H35NO7S. The molecule has 2 aliphatic heterocycles. The highest BCUT2D eigenvalue weighted by Gasteiger charge is 2.39. The summed E-state index contributed by atoms with van der Waals surface area (Å²) < 4.78 is 13.3. The number of carboxylic acids is 1. The topological polar surface area (TPSA) is 113 Å². The van der Waals surface area contributed by atoms with Gasteiger partial charge in [-0.15, -0.1) is 11.8 Å². The SMILES string of the molecule is C[C@@H]1[C@H](CSc2ccc(C(=O)O)cc2)O[C@H](c2ccc(-c3ccccc3CN3C(=O)c4ccccc4C3=O)cc2)O[C@@H]1c1ccc(CO)cc1. The third-order valence-corrected chi connectivity index (χ3v) is 10.5. The Morgan fingerprint density at radius 1 is 0.740 bits per heavy atom. The van der Waals surface area contributed by atoms with E-state index in [1.165, 1.54) is 4.90 Å². The normalized spacial score (nSPS) is 20.2. The van der Waals surface area contributed by atoms with Crippen LogP contribution in [0.1, 0.15) is 72.6 Å². The second-order valence-corrected chi connectivity index (χ2v) is 13.6. The minimum Gasteiger partial charge on any atom is -0.478 e. The number of ether oxygens (including phenoxy) is 2. The van der Waals surface area contributed by atoms with Crippen molar-refractivity contribution >= 4 is 29.5 Å². The molecule has 2 N–H and O–H groups in total. The smallest absolute Gasteiger partial charge is 0.335 e. The molecule has 5 aromatic rings. The third kappa shape index (κ3) is 6.73. The van der Waals surface area contributed by atoms with E-state index in [0.717, 1.165) is 38.3 Å². The maximum absolute atomic E-state index is 13.1. The number of nitrogens with zero attached hydrogens (tertiary/aromatic N) is 1. The van der Waals surface area contributed by atoms with Crippen molar-refractivity contribution in [2.45, 2.75) is 43.5 Å². The Hall–Kier alpha value is -5.06. The summed E-state index contributed by atoms with van der Waals surface area (Å²) in [6.07, 6.45) is -1.13. The predicted molar refractivity (Wildman–Crippen MR) is 190 cm³/mol. The number of aliphatic hydroxyl groups excluding tert-OH is 1. The minimum absolute atomic E-state index is 0.00897. The Balaban J connectivity index is 1.12. The zero-order chi connectivity index (χ0) is 34.8. The summed E-state index contributed by atoms with van der Waals surface area (Å²) in [7, 11) is 0. The van der Waals surface area contributed by atoms with Crippen molar-refractivity contribution in [3.8, 4) is 11.1 Å². The van der Waals surface area contributed by atoms with Crippen LogP contribution in [0, 0.1) is 5.92 Å². The van der Waals surface area contributed by atoms with E-state index in [1.54, 1.807) is 48.2 Å². The van der Waals surface area contributed by atoms with Gasteiger partial charge in [0.25, 0.3) is 11.8 Å². The van der Waals surface area contributed by atoms with E-state index in [9.17, 15) is 24.6 Å². The van der Waals surface area contributed by atoms with Gasteiger partial charge in [0.2, 0.25) is 0 Å². The third-order valence-electron chi connectivity index (χ3n) is 9.36. The maximum atomic E-state index is 13.1. The van der Waals surface area contributed by atoms with Crippen molar-refractivity contribution in [1.29, 1.82) is 0 Å². The number of carbonyl (C=O) groups is 3. The van der Waals surface area contributed by atoms with Crippen LogP contribution in [-0.2, 0) is 22.6 Å². The van der Waals surface area contributed by atoms with Crippen LogP contribution >= 0.6 is 11.8 Å². The highest BCUT2D eigenvalue weighted by molar-refractivity contribution is 7.99. The van der Waals surface area contributed by atoms with Gasteiger partial charge in [0, 0.05) is 22.1 Å². The Kier molecular flexibility index (Phi) is 9.65. The van der Waals surface area contributed by atoms with Crippen LogP contribution in [-0.4, -0.2) is 44.8 Å². The van der Waals surface area contributed by atoms with Gasteiger partial charge in [-0.1, -0.05) is 91.9 Å². The highest BCUT2D eigenvalue weighted by atomic mass is 32.2. The number of amides is 2. The zero-order valence-electron chi connectivity index (χ0n) is 27.3. The Morgan fingerprint density at radius 3 is 1.96 bits per heavy atom. The van der Waals surface area contributed by atoms with Crippen molar-refractivity contribution < 1.29 is 34.1 Å². The van der Waals surface area contributed by atoms with Crippen LogP contribution in [0.3, 0.4) is 0 Å². The van der Waals surface area contributed by atoms with E-state index in [0.29, 0.717) is 16.9 Å². The first-order valence-corrected chi connectivity index (χ1v) is 17.4. The Labute approximate surface area is 294 Å². The van der Waals surface area contributed by atoms with E-state index in [4.69, 9.17) is 9.47 Å². The van der Waals surface area contributed by atoms with Crippen LogP contribution < -0.4 is 0 Å². The minimum atomic E-state index is -0.960. The molecule has 0 aromatic heterocycles. The fourth-order valence-electron chi connectivity index (χ4n) is 6.49. The van der Waals surface area contributed by atoms with Crippen LogP contribution in [0.5, 0.6) is 0 Å². The monoisotopic (exact) mass is 685 g/mol.